The summed E-state index contributed by atoms with van der Waals surface area (Å²) < 4.78 is 29.8. The molecule has 3 N–H and O–H groups in total. The average molecular weight is 365 g/mol. The van der Waals surface area contributed by atoms with Crippen molar-refractivity contribution in [3.8, 4) is 5.75 Å². The molecule has 1 aliphatic heterocycles. The van der Waals surface area contributed by atoms with E-state index in [4.69, 9.17) is 5.73 Å². The van der Waals surface area contributed by atoms with Crippen LogP contribution in [0.2, 0.25) is 0 Å². The molecule has 0 aromatic heterocycles. The van der Waals surface area contributed by atoms with Crippen LogP contribution in [-0.2, 0) is 4.79 Å². The molecular formula is C19H25F2N3O2. The summed E-state index contributed by atoms with van der Waals surface area (Å²) in [7, 11) is 0. The maximum absolute atomic E-state index is 12.7. The summed E-state index contributed by atoms with van der Waals surface area (Å²) in [5.41, 5.74) is 6.91. The lowest BCUT2D eigenvalue weighted by molar-refractivity contribution is -0.127. The normalized spacial score (nSPS) is 33.1. The molecule has 1 aromatic rings. The molecule has 0 spiro atoms. The fraction of sp³-hybridized carbons (Fsp3) is 0.632. The quantitative estimate of drug-likeness (QED) is 0.841. The Kier molecular flexibility index (Phi) is 4.73. The topological polar surface area (TPSA) is 67.6 Å². The number of alkyl halides is 2. The number of anilines is 1. The van der Waals surface area contributed by atoms with E-state index in [9.17, 15) is 13.6 Å². The van der Waals surface area contributed by atoms with Gasteiger partial charge in [-0.1, -0.05) is 12.1 Å². The van der Waals surface area contributed by atoms with E-state index in [0.717, 1.165) is 25.7 Å². The van der Waals surface area contributed by atoms with E-state index in [0.29, 0.717) is 30.6 Å². The number of amides is 1. The summed E-state index contributed by atoms with van der Waals surface area (Å²) in [5, 5.41) is 3.15. The van der Waals surface area contributed by atoms with Crippen LogP contribution in [-0.4, -0.2) is 37.7 Å². The van der Waals surface area contributed by atoms with Crippen LogP contribution in [0.25, 0.3) is 0 Å². The molecule has 3 fully saturated rings. The number of ether oxygens (including phenoxy) is 1. The van der Waals surface area contributed by atoms with E-state index in [1.54, 1.807) is 24.3 Å². The van der Waals surface area contributed by atoms with Crippen molar-refractivity contribution in [1.82, 2.24) is 5.32 Å². The van der Waals surface area contributed by atoms with Crippen molar-refractivity contribution in [3.63, 3.8) is 0 Å². The molecular weight excluding hydrogens is 340 g/mol. The lowest BCUT2D eigenvalue weighted by atomic mass is 9.84. The number of para-hydroxylation sites is 2. The first kappa shape index (κ1) is 17.5. The number of fused-ring (bicyclic) bond motifs is 2. The molecule has 7 heteroatoms. The first-order chi connectivity index (χ1) is 12.5. The van der Waals surface area contributed by atoms with Crippen molar-refractivity contribution in [3.05, 3.63) is 24.3 Å². The van der Waals surface area contributed by atoms with Gasteiger partial charge < -0.3 is 20.7 Å². The number of benzene rings is 1. The minimum Gasteiger partial charge on any atom is -0.433 e. The third-order valence-corrected chi connectivity index (χ3v) is 6.24. The molecule has 4 rings (SSSR count). The number of nitrogens with zero attached hydrogens (tertiary/aromatic N) is 1. The van der Waals surface area contributed by atoms with E-state index in [-0.39, 0.29) is 29.7 Å². The zero-order valence-electron chi connectivity index (χ0n) is 14.6. The van der Waals surface area contributed by atoms with Crippen molar-refractivity contribution < 1.29 is 18.3 Å². The highest BCUT2D eigenvalue weighted by molar-refractivity contribution is 5.81. The predicted molar refractivity (Wildman–Crippen MR) is 94.1 cm³/mol. The molecule has 2 bridgehead atoms. The van der Waals surface area contributed by atoms with Gasteiger partial charge in [-0.15, -0.1) is 0 Å². The molecule has 5 nitrogen and oxygen atoms in total. The Hall–Kier alpha value is -1.89. The van der Waals surface area contributed by atoms with Crippen LogP contribution in [0.3, 0.4) is 0 Å². The third kappa shape index (κ3) is 3.24. The third-order valence-electron chi connectivity index (χ3n) is 6.24. The highest BCUT2D eigenvalue weighted by Gasteiger charge is 2.49. The smallest absolute Gasteiger partial charge is 0.387 e. The standard InChI is InChI=1S/C19H25F2N3O2/c20-19(21)26-15-4-2-1-3-14(15)24-8-7-13(10-24)23-18(25)16-11-5-6-12(9-11)17(16)22/h1-4,11-13,16-17,19H,5-10,22H2,(H,23,25). The summed E-state index contributed by atoms with van der Waals surface area (Å²) >= 11 is 0. The van der Waals surface area contributed by atoms with Gasteiger partial charge in [-0.2, -0.15) is 8.78 Å². The molecule has 1 amide bonds. The monoisotopic (exact) mass is 365 g/mol. The Labute approximate surface area is 151 Å². The Morgan fingerprint density at radius 3 is 2.73 bits per heavy atom. The molecule has 1 heterocycles. The van der Waals surface area contributed by atoms with Gasteiger partial charge in [0.05, 0.1) is 11.6 Å². The molecule has 1 aromatic carbocycles. The van der Waals surface area contributed by atoms with Gasteiger partial charge >= 0.3 is 6.61 Å². The Morgan fingerprint density at radius 2 is 2.00 bits per heavy atom. The molecule has 5 atom stereocenters. The summed E-state index contributed by atoms with van der Waals surface area (Å²) in [4.78, 5) is 14.7. The first-order valence-electron chi connectivity index (χ1n) is 9.37. The van der Waals surface area contributed by atoms with Crippen LogP contribution in [0.5, 0.6) is 5.75 Å². The van der Waals surface area contributed by atoms with E-state index in [1.165, 1.54) is 0 Å². The molecule has 5 unspecified atom stereocenters. The van der Waals surface area contributed by atoms with Gasteiger partial charge in [0, 0.05) is 25.2 Å². The van der Waals surface area contributed by atoms with Crippen molar-refractivity contribution >= 4 is 11.6 Å². The van der Waals surface area contributed by atoms with Gasteiger partial charge in [-0.3, -0.25) is 4.79 Å². The zero-order chi connectivity index (χ0) is 18.3. The summed E-state index contributed by atoms with van der Waals surface area (Å²) in [6.07, 6.45) is 4.11. The SMILES string of the molecule is NC1C2CCC(C2)C1C(=O)NC1CCN(c2ccccc2OC(F)F)C1. The molecule has 26 heavy (non-hydrogen) atoms. The van der Waals surface area contributed by atoms with E-state index < -0.39 is 6.61 Å². The number of rotatable bonds is 5. The van der Waals surface area contributed by atoms with E-state index in [2.05, 4.69) is 10.1 Å². The maximum Gasteiger partial charge on any atom is 0.387 e. The summed E-state index contributed by atoms with van der Waals surface area (Å²) in [6, 6.07) is 6.77. The van der Waals surface area contributed by atoms with Crippen molar-refractivity contribution in [1.29, 1.82) is 0 Å². The number of nitrogens with two attached hydrogens (primary N) is 1. The summed E-state index contributed by atoms with van der Waals surface area (Å²) in [6.45, 7) is -1.57. The Morgan fingerprint density at radius 1 is 1.23 bits per heavy atom. The Bertz CT molecular complexity index is 670. The molecule has 1 saturated heterocycles. The van der Waals surface area contributed by atoms with Crippen molar-refractivity contribution in [2.45, 2.75) is 44.4 Å². The van der Waals surface area contributed by atoms with Gasteiger partial charge in [0.2, 0.25) is 5.91 Å². The van der Waals surface area contributed by atoms with Gasteiger partial charge in [-0.25, -0.2) is 0 Å². The highest BCUT2D eigenvalue weighted by atomic mass is 19.3. The molecule has 2 saturated carbocycles. The first-order valence-corrected chi connectivity index (χ1v) is 9.37. The van der Waals surface area contributed by atoms with Crippen molar-refractivity contribution in [2.75, 3.05) is 18.0 Å². The fourth-order valence-corrected chi connectivity index (χ4v) is 5.03. The van der Waals surface area contributed by atoms with Crippen molar-refractivity contribution in [2.24, 2.45) is 23.5 Å². The van der Waals surface area contributed by atoms with Crippen LogP contribution >= 0.6 is 0 Å². The number of carbonyl (C=O) groups is 1. The molecule has 2 aliphatic carbocycles. The molecule has 3 aliphatic rings. The largest absolute Gasteiger partial charge is 0.433 e. The van der Waals surface area contributed by atoms with Gasteiger partial charge in [-0.05, 0) is 49.7 Å². The van der Waals surface area contributed by atoms with Gasteiger partial charge in [0.1, 0.15) is 5.75 Å². The second-order valence-corrected chi connectivity index (χ2v) is 7.72. The molecule has 0 radical (unpaired) electrons. The lowest BCUT2D eigenvalue weighted by Gasteiger charge is -2.28. The fourth-order valence-electron chi connectivity index (χ4n) is 5.03. The number of hydrogen-bond donors (Lipinski definition) is 2. The van der Waals surface area contributed by atoms with Gasteiger partial charge in [0.25, 0.3) is 0 Å². The number of nitrogens with one attached hydrogen (secondary N) is 1. The minimum atomic E-state index is -2.85. The van der Waals surface area contributed by atoms with Crippen LogP contribution in [0.15, 0.2) is 24.3 Å². The predicted octanol–water partition coefficient (Wildman–Crippen LogP) is 2.36. The molecule has 142 valence electrons. The van der Waals surface area contributed by atoms with Crippen LogP contribution < -0.4 is 20.7 Å². The van der Waals surface area contributed by atoms with Crippen LogP contribution in [0.4, 0.5) is 14.5 Å². The highest BCUT2D eigenvalue weighted by Crippen LogP contribution is 2.47. The van der Waals surface area contributed by atoms with Gasteiger partial charge in [0.15, 0.2) is 0 Å². The average Bonchev–Trinajstić information content (AvgIpc) is 3.31. The number of carbonyl (C=O) groups excluding carboxylic acids is 1. The van der Waals surface area contributed by atoms with Crippen LogP contribution in [0, 0.1) is 17.8 Å². The number of halogens is 2. The van der Waals surface area contributed by atoms with Crippen LogP contribution in [0.1, 0.15) is 25.7 Å². The lowest BCUT2D eigenvalue weighted by Crippen LogP contribution is -2.48. The zero-order valence-corrected chi connectivity index (χ0v) is 14.6. The maximum atomic E-state index is 12.7. The minimum absolute atomic E-state index is 0.00781. The summed E-state index contributed by atoms with van der Waals surface area (Å²) in [5.74, 6) is 1.08. The second-order valence-electron chi connectivity index (χ2n) is 7.72. The van der Waals surface area contributed by atoms with E-state index >= 15 is 0 Å². The second kappa shape index (κ2) is 7.02. The number of hydrogen-bond acceptors (Lipinski definition) is 4. The van der Waals surface area contributed by atoms with E-state index in [1.807, 2.05) is 4.90 Å². The Balaban J connectivity index is 1.38.